The Labute approximate surface area is 43.9 Å². The Balaban J connectivity index is 2.62. The van der Waals surface area contributed by atoms with E-state index < -0.39 is 0 Å². The number of rotatable bonds is 1. The van der Waals surface area contributed by atoms with E-state index in [1.807, 2.05) is 0 Å². The fraction of sp³-hybridized carbons (Fsp3) is 0.333. The SMILES string of the molecule is [SiH3]C=CC[Se]. The monoisotopic (exact) mass is 151 g/mol. The summed E-state index contributed by atoms with van der Waals surface area (Å²) in [4.78, 5) is 0. The van der Waals surface area contributed by atoms with Crippen LogP contribution in [0.1, 0.15) is 0 Å². The summed E-state index contributed by atoms with van der Waals surface area (Å²) in [5, 5.41) is 1.07. The van der Waals surface area contributed by atoms with Crippen LogP contribution in [0, 0.1) is 0 Å². The standard InChI is InChI=1S/C3H7SeSi/c4-2-1-3-5/h1,3H,2H2,5H3. The summed E-state index contributed by atoms with van der Waals surface area (Å²) in [5.74, 6) is 0. The van der Waals surface area contributed by atoms with E-state index in [1.165, 1.54) is 10.2 Å². The van der Waals surface area contributed by atoms with Crippen LogP contribution in [0.4, 0.5) is 0 Å². The van der Waals surface area contributed by atoms with Crippen molar-refractivity contribution in [3.8, 4) is 0 Å². The Morgan fingerprint density at radius 3 is 2.40 bits per heavy atom. The Morgan fingerprint density at radius 1 is 1.80 bits per heavy atom. The minimum absolute atomic E-state index is 1.07. The summed E-state index contributed by atoms with van der Waals surface area (Å²) in [5.41, 5.74) is 2.16. The molecule has 0 aliphatic carbocycles. The van der Waals surface area contributed by atoms with Crippen molar-refractivity contribution in [1.82, 2.24) is 0 Å². The van der Waals surface area contributed by atoms with Gasteiger partial charge >= 0.3 is 43.3 Å². The molecule has 0 saturated heterocycles. The van der Waals surface area contributed by atoms with Crippen molar-refractivity contribution in [2.45, 2.75) is 5.32 Å². The van der Waals surface area contributed by atoms with Gasteiger partial charge < -0.3 is 0 Å². The van der Waals surface area contributed by atoms with Gasteiger partial charge in [0.25, 0.3) is 0 Å². The van der Waals surface area contributed by atoms with Crippen molar-refractivity contribution in [2.24, 2.45) is 0 Å². The predicted octanol–water partition coefficient (Wildman–Crippen LogP) is -0.548. The summed E-state index contributed by atoms with van der Waals surface area (Å²) < 4.78 is 0. The molecule has 0 unspecified atom stereocenters. The molecular formula is C3H7SeSi. The van der Waals surface area contributed by atoms with E-state index >= 15 is 0 Å². The molecule has 0 saturated carbocycles. The average Bonchev–Trinajstić information content (AvgIpc) is 1.41. The first-order chi connectivity index (χ1) is 2.41. The molecule has 0 amide bonds. The van der Waals surface area contributed by atoms with Gasteiger partial charge in [0.15, 0.2) is 0 Å². The van der Waals surface area contributed by atoms with Crippen LogP contribution in [0.15, 0.2) is 11.8 Å². The second-order valence-corrected chi connectivity index (χ2v) is 2.10. The van der Waals surface area contributed by atoms with Gasteiger partial charge in [-0.3, -0.25) is 0 Å². The molecule has 0 aliphatic heterocycles. The zero-order chi connectivity index (χ0) is 4.12. The van der Waals surface area contributed by atoms with Crippen LogP contribution in [0.2, 0.25) is 5.32 Å². The zero-order valence-corrected chi connectivity index (χ0v) is 6.98. The predicted molar refractivity (Wildman–Crippen MR) is 29.6 cm³/mol. The summed E-state index contributed by atoms with van der Waals surface area (Å²) in [6, 6.07) is 0. The van der Waals surface area contributed by atoms with Crippen molar-refractivity contribution in [2.75, 3.05) is 0 Å². The van der Waals surface area contributed by atoms with Gasteiger partial charge in [0.05, 0.1) is 0 Å². The van der Waals surface area contributed by atoms with E-state index in [4.69, 9.17) is 0 Å². The van der Waals surface area contributed by atoms with Crippen molar-refractivity contribution in [3.05, 3.63) is 11.8 Å². The molecule has 0 aromatic heterocycles. The topological polar surface area (TPSA) is 0 Å². The number of hydrogen-bond donors (Lipinski definition) is 0. The van der Waals surface area contributed by atoms with Gasteiger partial charge in [0, 0.05) is 0 Å². The first-order valence-electron chi connectivity index (χ1n) is 1.61. The molecule has 0 nitrogen and oxygen atoms in total. The summed E-state index contributed by atoms with van der Waals surface area (Å²) in [6.45, 7) is 0. The quantitative estimate of drug-likeness (QED) is 0.440. The Bertz CT molecular complexity index is 33.9. The number of allylic oxidation sites excluding steroid dienone is 1. The second-order valence-electron chi connectivity index (χ2n) is 0.736. The number of hydrogen-bond acceptors (Lipinski definition) is 0. The normalized spacial score (nSPS) is 10.6. The van der Waals surface area contributed by atoms with E-state index in [0.717, 1.165) is 5.32 Å². The molecular weight excluding hydrogens is 143 g/mol. The molecule has 0 rings (SSSR count). The van der Waals surface area contributed by atoms with Crippen molar-refractivity contribution >= 4 is 26.3 Å². The Kier molecular flexibility index (Phi) is 4.90. The maximum absolute atomic E-state index is 2.88. The van der Waals surface area contributed by atoms with Gasteiger partial charge in [0.1, 0.15) is 0 Å². The molecule has 0 atom stereocenters. The third-order valence-corrected chi connectivity index (χ3v) is 1.21. The van der Waals surface area contributed by atoms with Crippen LogP contribution >= 0.6 is 0 Å². The van der Waals surface area contributed by atoms with E-state index in [-0.39, 0.29) is 0 Å². The summed E-state index contributed by atoms with van der Waals surface area (Å²) in [6.07, 6.45) is 2.13. The molecule has 0 N–H and O–H groups in total. The third kappa shape index (κ3) is 4.48. The summed E-state index contributed by atoms with van der Waals surface area (Å²) >= 11 is 2.88. The third-order valence-electron chi connectivity index (χ3n) is 0.332. The molecule has 0 heterocycles. The molecule has 0 aromatic rings. The van der Waals surface area contributed by atoms with Crippen LogP contribution < -0.4 is 0 Å². The van der Waals surface area contributed by atoms with Gasteiger partial charge in [-0.05, 0) is 0 Å². The second kappa shape index (κ2) is 4.48. The van der Waals surface area contributed by atoms with Crippen LogP contribution in [0.25, 0.3) is 0 Å². The van der Waals surface area contributed by atoms with Crippen molar-refractivity contribution in [1.29, 1.82) is 0 Å². The fourth-order valence-electron chi connectivity index (χ4n) is 0.0962. The van der Waals surface area contributed by atoms with E-state index in [1.54, 1.807) is 0 Å². The van der Waals surface area contributed by atoms with Gasteiger partial charge in [0.2, 0.25) is 0 Å². The zero-order valence-electron chi connectivity index (χ0n) is 3.27. The van der Waals surface area contributed by atoms with Gasteiger partial charge in [-0.15, -0.1) is 0 Å². The molecule has 0 fully saturated rings. The van der Waals surface area contributed by atoms with E-state index in [9.17, 15) is 0 Å². The van der Waals surface area contributed by atoms with Gasteiger partial charge in [-0.2, -0.15) is 0 Å². The van der Waals surface area contributed by atoms with Gasteiger partial charge in [-0.25, -0.2) is 0 Å². The first kappa shape index (κ1) is 5.48. The van der Waals surface area contributed by atoms with Crippen LogP contribution in [-0.2, 0) is 0 Å². The minimum atomic E-state index is 1.07. The molecule has 0 aromatic carbocycles. The summed E-state index contributed by atoms with van der Waals surface area (Å²) in [7, 11) is 1.20. The van der Waals surface area contributed by atoms with Crippen LogP contribution in [0.5, 0.6) is 0 Å². The Hall–Kier alpha value is 0.476. The average molecular weight is 150 g/mol. The van der Waals surface area contributed by atoms with Crippen molar-refractivity contribution in [3.63, 3.8) is 0 Å². The molecule has 2 heteroatoms. The van der Waals surface area contributed by atoms with E-state index in [0.29, 0.717) is 0 Å². The molecule has 0 spiro atoms. The maximum atomic E-state index is 2.88. The van der Waals surface area contributed by atoms with Crippen LogP contribution in [0.3, 0.4) is 0 Å². The molecule has 5 heavy (non-hydrogen) atoms. The van der Waals surface area contributed by atoms with Gasteiger partial charge in [-0.1, -0.05) is 0 Å². The Morgan fingerprint density at radius 2 is 2.40 bits per heavy atom. The van der Waals surface area contributed by atoms with Crippen molar-refractivity contribution < 1.29 is 0 Å². The molecule has 29 valence electrons. The van der Waals surface area contributed by atoms with E-state index in [2.05, 4.69) is 27.8 Å². The molecule has 1 radical (unpaired) electrons. The fourth-order valence-corrected chi connectivity index (χ4v) is 1.50. The van der Waals surface area contributed by atoms with Crippen LogP contribution in [-0.4, -0.2) is 26.3 Å². The molecule has 0 aliphatic rings. The first-order valence-corrected chi connectivity index (χ1v) is 3.97. The molecule has 0 bridgehead atoms.